The maximum Gasteiger partial charge on any atom is 0.232 e. The second-order valence-corrected chi connectivity index (χ2v) is 8.36. The number of rotatable bonds is 9. The first-order valence-corrected chi connectivity index (χ1v) is 10.7. The Bertz CT molecular complexity index is 901. The maximum atomic E-state index is 14.0. The molecule has 1 N–H and O–H groups in total. The van der Waals surface area contributed by atoms with E-state index >= 15 is 0 Å². The molecule has 0 aromatic heterocycles. The Morgan fingerprint density at radius 2 is 1.82 bits per heavy atom. The highest BCUT2D eigenvalue weighted by Gasteiger charge is 2.20. The predicted molar refractivity (Wildman–Crippen MR) is 107 cm³/mol. The van der Waals surface area contributed by atoms with Crippen molar-refractivity contribution in [2.45, 2.75) is 25.8 Å². The van der Waals surface area contributed by atoms with Crippen molar-refractivity contribution in [1.82, 2.24) is 5.32 Å². The molecule has 2 rings (SSSR count). The van der Waals surface area contributed by atoms with Crippen LogP contribution >= 0.6 is 0 Å². The van der Waals surface area contributed by atoms with E-state index in [1.54, 1.807) is 13.2 Å². The lowest BCUT2D eigenvalue weighted by molar-refractivity contribution is -0.121. The number of ether oxygens (including phenoxy) is 1. The smallest absolute Gasteiger partial charge is 0.232 e. The van der Waals surface area contributed by atoms with Gasteiger partial charge in [-0.2, -0.15) is 0 Å². The lowest BCUT2D eigenvalue weighted by Gasteiger charge is -2.23. The number of carbonyl (C=O) groups is 1. The number of halogens is 1. The number of amides is 1. The van der Waals surface area contributed by atoms with Gasteiger partial charge in [0.25, 0.3) is 0 Å². The zero-order valence-corrected chi connectivity index (χ0v) is 17.0. The van der Waals surface area contributed by atoms with Gasteiger partial charge in [0, 0.05) is 13.0 Å². The summed E-state index contributed by atoms with van der Waals surface area (Å²) < 4.78 is 44.1. The molecule has 0 aliphatic carbocycles. The van der Waals surface area contributed by atoms with E-state index in [0.29, 0.717) is 0 Å². The summed E-state index contributed by atoms with van der Waals surface area (Å²) >= 11 is 0. The van der Waals surface area contributed by atoms with E-state index in [-0.39, 0.29) is 37.0 Å². The van der Waals surface area contributed by atoms with E-state index in [1.165, 1.54) is 18.2 Å². The van der Waals surface area contributed by atoms with Gasteiger partial charge in [-0.3, -0.25) is 9.10 Å². The molecule has 0 saturated carbocycles. The second kappa shape index (κ2) is 9.54. The molecule has 0 radical (unpaired) electrons. The van der Waals surface area contributed by atoms with Crippen LogP contribution in [0.15, 0.2) is 48.5 Å². The number of hydrogen-bond donors (Lipinski definition) is 1. The minimum atomic E-state index is -3.66. The van der Waals surface area contributed by atoms with Crippen LogP contribution in [0, 0.1) is 5.82 Å². The van der Waals surface area contributed by atoms with Crippen LogP contribution < -0.4 is 14.4 Å². The molecule has 0 fully saturated rings. The van der Waals surface area contributed by atoms with E-state index in [9.17, 15) is 17.6 Å². The van der Waals surface area contributed by atoms with Gasteiger partial charge in [-0.1, -0.05) is 24.3 Å². The van der Waals surface area contributed by atoms with Crippen LogP contribution in [0.2, 0.25) is 0 Å². The summed E-state index contributed by atoms with van der Waals surface area (Å²) in [4.78, 5) is 12.2. The van der Waals surface area contributed by atoms with Crippen molar-refractivity contribution in [3.05, 3.63) is 59.9 Å². The van der Waals surface area contributed by atoms with E-state index in [0.717, 1.165) is 21.9 Å². The SMILES string of the molecule is COc1ccc([C@H](C)NC(=O)CCCN(c2ccccc2F)S(C)(=O)=O)cc1. The van der Waals surface area contributed by atoms with Crippen LogP contribution in [0.3, 0.4) is 0 Å². The highest BCUT2D eigenvalue weighted by Crippen LogP contribution is 2.22. The quantitative estimate of drug-likeness (QED) is 0.691. The summed E-state index contributed by atoms with van der Waals surface area (Å²) in [5, 5.41) is 2.88. The Hall–Kier alpha value is -2.61. The second-order valence-electron chi connectivity index (χ2n) is 6.45. The van der Waals surface area contributed by atoms with Gasteiger partial charge < -0.3 is 10.1 Å². The Balaban J connectivity index is 1.92. The summed E-state index contributed by atoms with van der Waals surface area (Å²) in [6.07, 6.45) is 1.41. The molecule has 0 unspecified atom stereocenters. The average molecular weight is 408 g/mol. The molecule has 0 heterocycles. The van der Waals surface area contributed by atoms with E-state index in [1.807, 2.05) is 31.2 Å². The Morgan fingerprint density at radius 1 is 1.18 bits per heavy atom. The number of nitrogens with zero attached hydrogens (tertiary/aromatic N) is 1. The predicted octanol–water partition coefficient (Wildman–Crippen LogP) is 3.26. The van der Waals surface area contributed by atoms with Gasteiger partial charge in [0.05, 0.1) is 25.1 Å². The summed E-state index contributed by atoms with van der Waals surface area (Å²) in [5.74, 6) is -0.0907. The molecule has 152 valence electrons. The number of nitrogens with one attached hydrogen (secondary N) is 1. The summed E-state index contributed by atoms with van der Waals surface area (Å²) in [6.45, 7) is 1.88. The Labute approximate surface area is 165 Å². The fourth-order valence-corrected chi connectivity index (χ4v) is 3.76. The standard InChI is InChI=1S/C20H25FN2O4S/c1-15(16-10-12-17(27-2)13-11-16)22-20(24)9-6-14-23(28(3,25)26)19-8-5-4-7-18(19)21/h4-5,7-8,10-13,15H,6,9,14H2,1-3H3,(H,22,24)/t15-/m0/s1. The number of hydrogen-bond acceptors (Lipinski definition) is 4. The number of carbonyl (C=O) groups excluding carboxylic acids is 1. The molecular formula is C20H25FN2O4S. The number of methoxy groups -OCH3 is 1. The maximum absolute atomic E-state index is 14.0. The Morgan fingerprint density at radius 3 is 2.39 bits per heavy atom. The van der Waals surface area contributed by atoms with Crippen LogP contribution in [0.25, 0.3) is 0 Å². The van der Waals surface area contributed by atoms with Crippen molar-refractivity contribution in [3.8, 4) is 5.75 Å². The fourth-order valence-electron chi connectivity index (χ4n) is 2.79. The van der Waals surface area contributed by atoms with Crippen LogP contribution in [-0.4, -0.2) is 34.2 Å². The number of benzene rings is 2. The molecule has 1 atom stereocenters. The molecule has 0 bridgehead atoms. The van der Waals surface area contributed by atoms with Crippen molar-refractivity contribution in [3.63, 3.8) is 0 Å². The van der Waals surface area contributed by atoms with Crippen LogP contribution in [0.1, 0.15) is 31.4 Å². The highest BCUT2D eigenvalue weighted by atomic mass is 32.2. The van der Waals surface area contributed by atoms with Gasteiger partial charge in [-0.15, -0.1) is 0 Å². The molecule has 2 aromatic carbocycles. The van der Waals surface area contributed by atoms with Gasteiger partial charge in [0.15, 0.2) is 0 Å². The molecule has 6 nitrogen and oxygen atoms in total. The third-order valence-electron chi connectivity index (χ3n) is 4.28. The first kappa shape index (κ1) is 21.7. The van der Waals surface area contributed by atoms with Gasteiger partial charge in [-0.25, -0.2) is 12.8 Å². The third-order valence-corrected chi connectivity index (χ3v) is 5.46. The third kappa shape index (κ3) is 5.95. The van der Waals surface area contributed by atoms with Crippen LogP contribution in [0.4, 0.5) is 10.1 Å². The normalized spacial score (nSPS) is 12.3. The van der Waals surface area contributed by atoms with Gasteiger partial charge >= 0.3 is 0 Å². The lowest BCUT2D eigenvalue weighted by Crippen LogP contribution is -2.33. The van der Waals surface area contributed by atoms with Gasteiger partial charge in [0.1, 0.15) is 11.6 Å². The van der Waals surface area contributed by atoms with Gasteiger partial charge in [0.2, 0.25) is 15.9 Å². The summed E-state index contributed by atoms with van der Waals surface area (Å²) in [6, 6.07) is 12.8. The van der Waals surface area contributed by atoms with Gasteiger partial charge in [-0.05, 0) is 43.2 Å². The molecule has 1 amide bonds. The Kier molecular flexibility index (Phi) is 7.39. The minimum absolute atomic E-state index is 0.0167. The van der Waals surface area contributed by atoms with E-state index in [4.69, 9.17) is 4.74 Å². The molecule has 0 spiro atoms. The van der Waals surface area contributed by atoms with E-state index < -0.39 is 15.8 Å². The summed E-state index contributed by atoms with van der Waals surface area (Å²) in [5.41, 5.74) is 0.912. The molecule has 2 aromatic rings. The highest BCUT2D eigenvalue weighted by molar-refractivity contribution is 7.92. The number of para-hydroxylation sites is 1. The zero-order chi connectivity index (χ0) is 20.7. The van der Waals surface area contributed by atoms with Crippen molar-refractivity contribution >= 4 is 21.6 Å². The topological polar surface area (TPSA) is 75.7 Å². The fraction of sp³-hybridized carbons (Fsp3) is 0.350. The average Bonchev–Trinajstić information content (AvgIpc) is 2.65. The van der Waals surface area contributed by atoms with Crippen molar-refractivity contribution < 1.29 is 22.3 Å². The van der Waals surface area contributed by atoms with Crippen molar-refractivity contribution in [2.24, 2.45) is 0 Å². The molecule has 28 heavy (non-hydrogen) atoms. The number of anilines is 1. The largest absolute Gasteiger partial charge is 0.497 e. The molecular weight excluding hydrogens is 383 g/mol. The molecule has 0 saturated heterocycles. The lowest BCUT2D eigenvalue weighted by atomic mass is 10.1. The van der Waals surface area contributed by atoms with Crippen molar-refractivity contribution in [1.29, 1.82) is 0 Å². The molecule has 8 heteroatoms. The van der Waals surface area contributed by atoms with Crippen molar-refractivity contribution in [2.75, 3.05) is 24.2 Å². The zero-order valence-electron chi connectivity index (χ0n) is 16.2. The molecule has 0 aliphatic rings. The monoisotopic (exact) mass is 408 g/mol. The minimum Gasteiger partial charge on any atom is -0.497 e. The van der Waals surface area contributed by atoms with Crippen LogP contribution in [-0.2, 0) is 14.8 Å². The first-order valence-electron chi connectivity index (χ1n) is 8.88. The van der Waals surface area contributed by atoms with E-state index in [2.05, 4.69) is 5.32 Å². The van der Waals surface area contributed by atoms with Crippen LogP contribution in [0.5, 0.6) is 5.75 Å². The first-order chi connectivity index (χ1) is 13.2. The number of sulfonamides is 1. The molecule has 0 aliphatic heterocycles. The summed E-state index contributed by atoms with van der Waals surface area (Å²) in [7, 11) is -2.08.